The predicted octanol–water partition coefficient (Wildman–Crippen LogP) is 2.52. The largest absolute Gasteiger partial charge is 0.304 e. The van der Waals surface area contributed by atoms with Gasteiger partial charge in [0.2, 0.25) is 10.0 Å². The molecule has 0 saturated carbocycles. The second kappa shape index (κ2) is 6.98. The summed E-state index contributed by atoms with van der Waals surface area (Å²) in [5, 5.41) is 0.584. The molecule has 6 nitrogen and oxygen atoms in total. The molecule has 1 atom stereocenters. The Kier molecular flexibility index (Phi) is 5.05. The van der Waals surface area contributed by atoms with Crippen LogP contribution in [0.15, 0.2) is 46.6 Å². The molecule has 0 radical (unpaired) electrons. The van der Waals surface area contributed by atoms with E-state index in [9.17, 15) is 13.2 Å². The minimum Gasteiger partial charge on any atom is -0.304 e. The number of aliphatic imine (C=N–C) groups is 1. The van der Waals surface area contributed by atoms with E-state index in [0.717, 1.165) is 23.0 Å². The van der Waals surface area contributed by atoms with Crippen molar-refractivity contribution in [2.45, 2.75) is 25.4 Å². The van der Waals surface area contributed by atoms with E-state index in [2.05, 4.69) is 16.3 Å². The van der Waals surface area contributed by atoms with Gasteiger partial charge in [0, 0.05) is 35.6 Å². The highest BCUT2D eigenvalue weighted by atomic mass is 35.5. The number of nitrogens with zero attached hydrogens (tertiary/aromatic N) is 2. The predicted molar refractivity (Wildman–Crippen MR) is 103 cm³/mol. The van der Waals surface area contributed by atoms with Crippen molar-refractivity contribution in [2.75, 3.05) is 13.3 Å². The lowest BCUT2D eigenvalue weighted by atomic mass is 10.1. The third-order valence-corrected chi connectivity index (χ3v) is 5.52. The SMILES string of the molecule is C=C(C1=C(C=NC)[C@@H](NS(C)(=O)=O)CC1)N1Cc2cc(Cl)ccc2C1=O. The fourth-order valence-electron chi connectivity index (χ4n) is 3.47. The summed E-state index contributed by atoms with van der Waals surface area (Å²) in [6.07, 6.45) is 3.99. The van der Waals surface area contributed by atoms with E-state index in [1.54, 1.807) is 36.4 Å². The van der Waals surface area contributed by atoms with Crippen LogP contribution in [0.1, 0.15) is 28.8 Å². The van der Waals surface area contributed by atoms with Crippen molar-refractivity contribution in [3.63, 3.8) is 0 Å². The first kappa shape index (κ1) is 18.8. The highest BCUT2D eigenvalue weighted by Crippen LogP contribution is 2.36. The first-order chi connectivity index (χ1) is 12.2. The summed E-state index contributed by atoms with van der Waals surface area (Å²) in [5.74, 6) is -0.124. The molecule has 1 aliphatic carbocycles. The number of benzene rings is 1. The highest BCUT2D eigenvalue weighted by Gasteiger charge is 2.34. The van der Waals surface area contributed by atoms with Gasteiger partial charge in [0.05, 0.1) is 12.8 Å². The number of amides is 1. The third kappa shape index (κ3) is 3.60. The van der Waals surface area contributed by atoms with Crippen LogP contribution in [0.5, 0.6) is 0 Å². The molecule has 0 fully saturated rings. The highest BCUT2D eigenvalue weighted by molar-refractivity contribution is 7.88. The Morgan fingerprint density at radius 3 is 2.85 bits per heavy atom. The van der Waals surface area contributed by atoms with Gasteiger partial charge in [0.1, 0.15) is 0 Å². The zero-order valence-electron chi connectivity index (χ0n) is 14.6. The lowest BCUT2D eigenvalue weighted by Crippen LogP contribution is -2.34. The topological polar surface area (TPSA) is 78.8 Å². The molecule has 1 aliphatic heterocycles. The van der Waals surface area contributed by atoms with Gasteiger partial charge in [0.25, 0.3) is 5.91 Å². The van der Waals surface area contributed by atoms with Crippen LogP contribution in [-0.2, 0) is 16.6 Å². The van der Waals surface area contributed by atoms with Crippen molar-refractivity contribution in [3.8, 4) is 0 Å². The van der Waals surface area contributed by atoms with E-state index >= 15 is 0 Å². The maximum absolute atomic E-state index is 12.7. The van der Waals surface area contributed by atoms with E-state index in [0.29, 0.717) is 35.7 Å². The van der Waals surface area contributed by atoms with Crippen LogP contribution in [0.2, 0.25) is 5.02 Å². The molecule has 0 bridgehead atoms. The first-order valence-electron chi connectivity index (χ1n) is 8.13. The summed E-state index contributed by atoms with van der Waals surface area (Å²) >= 11 is 6.03. The van der Waals surface area contributed by atoms with Crippen LogP contribution in [0.3, 0.4) is 0 Å². The van der Waals surface area contributed by atoms with Gasteiger partial charge in [-0.15, -0.1) is 0 Å². The van der Waals surface area contributed by atoms with Crippen LogP contribution < -0.4 is 4.72 Å². The Morgan fingerprint density at radius 2 is 2.19 bits per heavy atom. The van der Waals surface area contributed by atoms with Gasteiger partial charge in [-0.3, -0.25) is 9.79 Å². The van der Waals surface area contributed by atoms with Gasteiger partial charge < -0.3 is 4.90 Å². The number of halogens is 1. The van der Waals surface area contributed by atoms with Crippen molar-refractivity contribution >= 4 is 33.7 Å². The minimum absolute atomic E-state index is 0.124. The number of rotatable bonds is 5. The molecule has 1 aromatic rings. The van der Waals surface area contributed by atoms with Crippen molar-refractivity contribution in [1.82, 2.24) is 9.62 Å². The minimum atomic E-state index is -3.36. The van der Waals surface area contributed by atoms with E-state index in [1.165, 1.54) is 0 Å². The van der Waals surface area contributed by atoms with E-state index < -0.39 is 10.0 Å². The summed E-state index contributed by atoms with van der Waals surface area (Å²) in [6, 6.07) is 4.84. The van der Waals surface area contributed by atoms with Crippen LogP contribution in [0.4, 0.5) is 0 Å². The number of carbonyl (C=O) groups is 1. The quantitative estimate of drug-likeness (QED) is 0.780. The summed E-state index contributed by atoms with van der Waals surface area (Å²) in [7, 11) is -1.73. The maximum Gasteiger partial charge on any atom is 0.258 e. The van der Waals surface area contributed by atoms with Gasteiger partial charge >= 0.3 is 0 Å². The molecule has 1 amide bonds. The molecule has 0 saturated heterocycles. The molecule has 0 aromatic heterocycles. The number of nitrogens with one attached hydrogen (secondary N) is 1. The molecule has 1 aromatic carbocycles. The number of allylic oxidation sites excluding steroid dienone is 1. The second-order valence-electron chi connectivity index (χ2n) is 6.44. The molecule has 0 unspecified atom stereocenters. The van der Waals surface area contributed by atoms with Gasteiger partial charge in [-0.1, -0.05) is 18.2 Å². The number of hydrogen-bond donors (Lipinski definition) is 1. The molecule has 1 N–H and O–H groups in total. The van der Waals surface area contributed by atoms with Crippen molar-refractivity contribution in [3.05, 3.63) is 57.8 Å². The van der Waals surface area contributed by atoms with Crippen LogP contribution in [0, 0.1) is 0 Å². The van der Waals surface area contributed by atoms with Crippen molar-refractivity contribution in [1.29, 1.82) is 0 Å². The Labute approximate surface area is 158 Å². The van der Waals surface area contributed by atoms with E-state index in [1.807, 2.05) is 0 Å². The number of carbonyl (C=O) groups excluding carboxylic acids is 1. The van der Waals surface area contributed by atoms with Gasteiger partial charge in [-0.2, -0.15) is 0 Å². The summed E-state index contributed by atoms with van der Waals surface area (Å²) in [6.45, 7) is 4.51. The smallest absolute Gasteiger partial charge is 0.258 e. The summed E-state index contributed by atoms with van der Waals surface area (Å²) < 4.78 is 25.9. The monoisotopic (exact) mass is 393 g/mol. The second-order valence-corrected chi connectivity index (χ2v) is 8.66. The zero-order chi connectivity index (χ0) is 19.1. The van der Waals surface area contributed by atoms with Crippen LogP contribution in [0.25, 0.3) is 0 Å². The molecular weight excluding hydrogens is 374 g/mol. The van der Waals surface area contributed by atoms with Gasteiger partial charge in [0.15, 0.2) is 0 Å². The molecule has 2 aliphatic rings. The Morgan fingerprint density at radius 1 is 1.46 bits per heavy atom. The maximum atomic E-state index is 12.7. The first-order valence-corrected chi connectivity index (χ1v) is 10.4. The number of hydrogen-bond acceptors (Lipinski definition) is 4. The van der Waals surface area contributed by atoms with Crippen molar-refractivity contribution in [2.24, 2.45) is 4.99 Å². The Balaban J connectivity index is 1.92. The molecular formula is C18H20ClN3O3S. The van der Waals surface area contributed by atoms with Gasteiger partial charge in [-0.05, 0) is 47.8 Å². The lowest BCUT2D eigenvalue weighted by molar-refractivity contribution is 0.0829. The Bertz CT molecular complexity index is 950. The molecule has 0 spiro atoms. The lowest BCUT2D eigenvalue weighted by Gasteiger charge is -2.21. The fourth-order valence-corrected chi connectivity index (χ4v) is 4.42. The zero-order valence-corrected chi connectivity index (χ0v) is 16.2. The number of fused-ring (bicyclic) bond motifs is 1. The fraction of sp³-hybridized carbons (Fsp3) is 0.333. The van der Waals surface area contributed by atoms with E-state index in [-0.39, 0.29) is 11.9 Å². The summed E-state index contributed by atoms with van der Waals surface area (Å²) in [5.41, 5.74) is 3.66. The molecule has 1 heterocycles. The third-order valence-electron chi connectivity index (χ3n) is 4.58. The van der Waals surface area contributed by atoms with Gasteiger partial charge in [-0.25, -0.2) is 13.1 Å². The summed E-state index contributed by atoms with van der Waals surface area (Å²) in [4.78, 5) is 18.4. The molecule has 26 heavy (non-hydrogen) atoms. The standard InChI is InChI=1S/C18H20ClN3O3S/c1-11(22-10-12-8-13(19)4-5-15(12)18(22)23)14-6-7-17(16(14)9-20-2)21-26(3,24)25/h4-5,8-9,17,21H,1,6-7,10H2,2-3H3/t17-/m0/s1. The van der Waals surface area contributed by atoms with Crippen LogP contribution in [-0.4, -0.2) is 44.8 Å². The molecule has 138 valence electrons. The number of sulfonamides is 1. The average molecular weight is 394 g/mol. The molecule has 3 rings (SSSR count). The molecule has 8 heteroatoms. The van der Waals surface area contributed by atoms with E-state index in [4.69, 9.17) is 11.6 Å². The average Bonchev–Trinajstić information content (AvgIpc) is 3.07. The van der Waals surface area contributed by atoms with Crippen molar-refractivity contribution < 1.29 is 13.2 Å². The Hall–Kier alpha value is -1.96. The van der Waals surface area contributed by atoms with Crippen LogP contribution >= 0.6 is 11.6 Å². The normalized spacial score (nSPS) is 20.3.